The van der Waals surface area contributed by atoms with Crippen molar-refractivity contribution in [1.82, 2.24) is 96.7 Å². The van der Waals surface area contributed by atoms with Gasteiger partial charge in [-0.3, -0.25) is 37.8 Å². The Morgan fingerprint density at radius 2 is 0.824 bits per heavy atom. The van der Waals surface area contributed by atoms with Crippen molar-refractivity contribution in [2.24, 2.45) is 0 Å². The van der Waals surface area contributed by atoms with Crippen molar-refractivity contribution in [1.29, 1.82) is 0 Å². The predicted octanol–water partition coefficient (Wildman–Crippen LogP) is 13.5. The first kappa shape index (κ1) is 79.5. The Kier molecular flexibility index (Phi) is 22.1. The molecule has 18 heterocycles. The number of imidazole rings is 2. The smallest absolute Gasteiger partial charge is 0.275 e. The van der Waals surface area contributed by atoms with E-state index in [4.69, 9.17) is 42.0 Å². The van der Waals surface area contributed by atoms with Gasteiger partial charge in [-0.25, -0.2) is 39.9 Å². The third kappa shape index (κ3) is 16.7. The third-order valence-electron chi connectivity index (χ3n) is 23.1. The van der Waals surface area contributed by atoms with E-state index in [-0.39, 0.29) is 22.2 Å². The van der Waals surface area contributed by atoms with E-state index in [2.05, 4.69) is 131 Å². The van der Waals surface area contributed by atoms with Gasteiger partial charge in [-0.1, -0.05) is 35.3 Å². The number of piperidine rings is 2. The van der Waals surface area contributed by atoms with Crippen molar-refractivity contribution >= 4 is 90.7 Å². The maximum Gasteiger partial charge on any atom is 0.275 e. The molecule has 28 nitrogen and oxygen atoms in total. The highest BCUT2D eigenvalue weighted by atomic mass is 35.5. The van der Waals surface area contributed by atoms with Crippen LogP contribution in [0.25, 0.3) is 101 Å². The van der Waals surface area contributed by atoms with Crippen LogP contribution in [0.15, 0.2) is 187 Å². The molecule has 0 amide bonds. The Morgan fingerprint density at radius 1 is 0.420 bits per heavy atom. The summed E-state index contributed by atoms with van der Waals surface area (Å²) in [7, 11) is 2.14. The Morgan fingerprint density at radius 3 is 1.25 bits per heavy atom. The summed E-state index contributed by atoms with van der Waals surface area (Å²) in [5, 5.41) is 13.6. The van der Waals surface area contributed by atoms with Crippen LogP contribution in [0, 0.1) is 27.7 Å². The monoisotopic (exact) mass is 1640 g/mol. The van der Waals surface area contributed by atoms with Crippen LogP contribution in [0.5, 0.6) is 0 Å². The molecule has 2 atom stereocenters. The molecule has 119 heavy (non-hydrogen) atoms. The van der Waals surface area contributed by atoms with Crippen LogP contribution in [0.3, 0.4) is 0 Å². The molecule has 0 aliphatic carbocycles. The standard InChI is InChI=1S/2C24H27ClN6O.C21H21N5O2.C20H19N5O2/c2*1-15(2)30-8-7-28(12-17(30)4)19-5-6-22-27-21(10-23(32)31(22)14-19)18-9-20(25)24-26-16(3)11-29(24)13-18;1-13-22-17-4-3-15(11-19(17)28-13)18-12-21(27)26-20(23-18)6-5-16(24-26)14-7-9-25(2)10-8-14;1-12-22-16-3-2-14(10-18(16)27-12)17-11-20(26)25-19(23-17)5-4-15(24-25)13-6-8-21-9-7-13/h2*5-6,9-11,13-15,17H,7-8,12H2,1-4H3;3-6,11-12,14H,7-10H2,1-2H3;2-5,10-11,13,21H,6-9H2,1H3/t2*17-;;/m10../s1. The molecule has 14 aromatic heterocycles. The molecule has 20 rings (SSSR count). The van der Waals surface area contributed by atoms with Gasteiger partial charge in [-0.15, -0.1) is 0 Å². The number of rotatable bonds is 10. The molecular weight excluding hydrogens is 1540 g/mol. The number of nitrogens with zero attached hydrogens (tertiary/aromatic N) is 21. The Balaban J connectivity index is 0.000000114. The van der Waals surface area contributed by atoms with Gasteiger partial charge in [0, 0.05) is 173 Å². The van der Waals surface area contributed by atoms with E-state index in [1.54, 1.807) is 20.9 Å². The lowest BCUT2D eigenvalue weighted by Crippen LogP contribution is -2.54. The molecule has 30 heteroatoms. The fourth-order valence-electron chi connectivity index (χ4n) is 17.0. The molecule has 1 N–H and O–H groups in total. The van der Waals surface area contributed by atoms with Gasteiger partial charge in [0.05, 0.1) is 67.0 Å². The first-order chi connectivity index (χ1) is 57.3. The summed E-state index contributed by atoms with van der Waals surface area (Å²) in [4.78, 5) is 99.7. The highest BCUT2D eigenvalue weighted by Gasteiger charge is 2.29. The Hall–Kier alpha value is -11.9. The number of pyridine rings is 4. The number of benzene rings is 2. The number of likely N-dealkylation sites (tertiary alicyclic amines) is 1. The SMILES string of the molecule is Cc1cn2cc(-c3cc(=O)n4cc(N5CCN(C(C)C)[C@@H](C)C5)ccc4n3)cc(Cl)c2n1.Cc1cn2cc(-c3cc(=O)n4cc(N5CCN(C(C)C)[C@H](C)C5)ccc4n3)cc(Cl)c2n1.Cc1nc2ccc(-c3cc(=O)n4nc(C5CCN(C)CC5)ccc4n3)cc2o1.Cc1nc2ccc(-c3cc(=O)n4nc(C5CCNCC5)ccc4n3)cc2o1. The minimum atomic E-state index is -0.181. The maximum atomic E-state index is 13.0. The van der Waals surface area contributed by atoms with Crippen molar-refractivity contribution in [2.75, 3.05) is 82.3 Å². The van der Waals surface area contributed by atoms with E-state index >= 15 is 0 Å². The minimum absolute atomic E-state index is 0.112. The zero-order valence-electron chi connectivity index (χ0n) is 68.5. The number of halogens is 2. The van der Waals surface area contributed by atoms with Crippen LogP contribution < -0.4 is 37.4 Å². The highest BCUT2D eigenvalue weighted by Crippen LogP contribution is 2.33. The summed E-state index contributed by atoms with van der Waals surface area (Å²) in [6, 6.07) is 38.8. The summed E-state index contributed by atoms with van der Waals surface area (Å²) < 4.78 is 21.0. The summed E-state index contributed by atoms with van der Waals surface area (Å²) in [5.41, 5.74) is 17.5. The fraction of sp³-hybridized carbons (Fsp3) is 0.348. The second-order valence-electron chi connectivity index (χ2n) is 32.3. The molecule has 610 valence electrons. The molecule has 0 spiro atoms. The van der Waals surface area contributed by atoms with Gasteiger partial charge in [0.2, 0.25) is 0 Å². The quantitative estimate of drug-likeness (QED) is 0.133. The molecule has 0 saturated carbocycles. The molecular formula is C89H94Cl2N22O6. The number of anilines is 2. The predicted molar refractivity (Wildman–Crippen MR) is 466 cm³/mol. The van der Waals surface area contributed by atoms with Gasteiger partial charge in [0.25, 0.3) is 22.2 Å². The zero-order chi connectivity index (χ0) is 82.8. The third-order valence-corrected chi connectivity index (χ3v) is 23.7. The lowest BCUT2D eigenvalue weighted by molar-refractivity contribution is 0.148. The van der Waals surface area contributed by atoms with E-state index in [9.17, 15) is 19.2 Å². The molecule has 4 aliphatic rings. The van der Waals surface area contributed by atoms with Gasteiger partial charge >= 0.3 is 0 Å². The number of oxazole rings is 2. The van der Waals surface area contributed by atoms with E-state index in [0.29, 0.717) is 126 Å². The lowest BCUT2D eigenvalue weighted by atomic mass is 9.94. The molecule has 0 bridgehead atoms. The number of aromatic nitrogens is 16. The Bertz CT molecular complexity index is 6600. The molecule has 2 aromatic carbocycles. The average molecular weight is 1640 g/mol. The molecule has 4 fully saturated rings. The topological polar surface area (TPSA) is 278 Å². The number of hydrogen-bond acceptors (Lipinski definition) is 22. The second kappa shape index (κ2) is 33.1. The van der Waals surface area contributed by atoms with Crippen LogP contribution >= 0.6 is 23.2 Å². The normalized spacial score (nSPS) is 16.9. The molecule has 4 aliphatic heterocycles. The second-order valence-corrected chi connectivity index (χ2v) is 33.1. The first-order valence-electron chi connectivity index (χ1n) is 40.7. The van der Waals surface area contributed by atoms with Crippen LogP contribution in [-0.2, 0) is 0 Å². The Labute approximate surface area is 695 Å². The molecule has 0 unspecified atom stereocenters. The summed E-state index contributed by atoms with van der Waals surface area (Å²) in [6.07, 6.45) is 15.6. The van der Waals surface area contributed by atoms with Gasteiger partial charge in [-0.05, 0) is 199 Å². The van der Waals surface area contributed by atoms with Crippen molar-refractivity contribution in [3.63, 3.8) is 0 Å². The van der Waals surface area contributed by atoms with Crippen LogP contribution in [0.1, 0.15) is 114 Å². The lowest BCUT2D eigenvalue weighted by Gasteiger charge is -2.43. The summed E-state index contributed by atoms with van der Waals surface area (Å²) >= 11 is 12.9. The summed E-state index contributed by atoms with van der Waals surface area (Å²) in [6.45, 7) is 30.8. The molecule has 16 aromatic rings. The number of fused-ring (bicyclic) bond motifs is 8. The maximum absolute atomic E-state index is 13.0. The average Bonchev–Trinajstić information content (AvgIpc) is 1.77. The largest absolute Gasteiger partial charge is 0.441 e. The van der Waals surface area contributed by atoms with Gasteiger partial charge in [-0.2, -0.15) is 19.2 Å². The molecule has 0 radical (unpaired) electrons. The van der Waals surface area contributed by atoms with E-state index in [0.717, 1.165) is 159 Å². The van der Waals surface area contributed by atoms with Crippen molar-refractivity contribution < 1.29 is 8.83 Å². The van der Waals surface area contributed by atoms with Crippen molar-refractivity contribution in [3.05, 3.63) is 245 Å². The van der Waals surface area contributed by atoms with E-state index in [1.807, 2.05) is 159 Å². The number of piperazine rings is 2. The summed E-state index contributed by atoms with van der Waals surface area (Å²) in [5.74, 6) is 2.01. The zero-order valence-corrected chi connectivity index (χ0v) is 70.0. The van der Waals surface area contributed by atoms with Gasteiger partial charge in [0.1, 0.15) is 22.3 Å². The van der Waals surface area contributed by atoms with Crippen molar-refractivity contribution in [2.45, 2.75) is 131 Å². The first-order valence-corrected chi connectivity index (χ1v) is 41.4. The van der Waals surface area contributed by atoms with Crippen LogP contribution in [-0.4, -0.2) is 188 Å². The van der Waals surface area contributed by atoms with Gasteiger partial charge < -0.3 is 37.7 Å². The van der Waals surface area contributed by atoms with E-state index in [1.165, 1.54) is 21.2 Å². The number of nitrogens with one attached hydrogen (secondary N) is 1. The van der Waals surface area contributed by atoms with Crippen LogP contribution in [0.4, 0.5) is 11.4 Å². The minimum Gasteiger partial charge on any atom is -0.441 e. The molecule has 4 saturated heterocycles. The number of hydrogen-bond donors (Lipinski definition) is 1. The van der Waals surface area contributed by atoms with E-state index < -0.39 is 0 Å². The van der Waals surface area contributed by atoms with Crippen LogP contribution in [0.2, 0.25) is 10.0 Å². The van der Waals surface area contributed by atoms with Gasteiger partial charge in [0.15, 0.2) is 45.5 Å². The number of aryl methyl sites for hydroxylation is 4. The highest BCUT2D eigenvalue weighted by molar-refractivity contribution is 6.34. The van der Waals surface area contributed by atoms with Crippen molar-refractivity contribution in [3.8, 4) is 45.0 Å². The fourth-order valence-corrected chi connectivity index (χ4v) is 17.5.